The third kappa shape index (κ3) is 3.61. The summed E-state index contributed by atoms with van der Waals surface area (Å²) in [5, 5.41) is 3.94. The number of rotatable bonds is 5. The fraction of sp³-hybridized carbons (Fsp3) is 0.238. The topological polar surface area (TPSA) is 55.6 Å². The van der Waals surface area contributed by atoms with Crippen LogP contribution in [0.5, 0.6) is 11.5 Å². The number of carbonyl (C=O) groups is 1. The van der Waals surface area contributed by atoms with E-state index in [4.69, 9.17) is 9.26 Å². The lowest BCUT2D eigenvalue weighted by atomic mass is 9.98. The third-order valence-corrected chi connectivity index (χ3v) is 4.43. The first kappa shape index (κ1) is 17.7. The van der Waals surface area contributed by atoms with Crippen molar-refractivity contribution >= 4 is 11.6 Å². The summed E-state index contributed by atoms with van der Waals surface area (Å²) in [4.78, 5) is 14.5. The summed E-state index contributed by atoms with van der Waals surface area (Å²) in [5.41, 5.74) is 2.41. The number of carbonyl (C=O) groups excluding carboxylic acids is 1. The van der Waals surface area contributed by atoms with Crippen LogP contribution >= 0.6 is 0 Å². The molecule has 0 N–H and O–H groups in total. The zero-order chi connectivity index (χ0) is 18.7. The predicted molar refractivity (Wildman–Crippen MR) is 101 cm³/mol. The van der Waals surface area contributed by atoms with E-state index in [2.05, 4.69) is 5.16 Å². The van der Waals surface area contributed by atoms with E-state index in [1.54, 1.807) is 11.9 Å². The van der Waals surface area contributed by atoms with Crippen molar-refractivity contribution in [2.24, 2.45) is 0 Å². The van der Waals surface area contributed by atoms with Gasteiger partial charge in [0.2, 0.25) is 5.91 Å². The van der Waals surface area contributed by atoms with Crippen LogP contribution in [-0.4, -0.2) is 18.1 Å². The molecule has 0 radical (unpaired) electrons. The Hall–Kier alpha value is -3.08. The molecule has 0 unspecified atom stereocenters. The van der Waals surface area contributed by atoms with E-state index in [1.165, 1.54) is 0 Å². The van der Waals surface area contributed by atoms with Crippen molar-refractivity contribution < 1.29 is 14.1 Å². The number of amides is 1. The van der Waals surface area contributed by atoms with E-state index in [9.17, 15) is 4.79 Å². The number of para-hydroxylation sites is 1. The van der Waals surface area contributed by atoms with Crippen LogP contribution in [0.25, 0.3) is 0 Å². The molecular weight excluding hydrogens is 328 g/mol. The van der Waals surface area contributed by atoms with Gasteiger partial charge in [0.05, 0.1) is 11.6 Å². The third-order valence-electron chi connectivity index (χ3n) is 4.43. The van der Waals surface area contributed by atoms with E-state index in [-0.39, 0.29) is 11.8 Å². The number of benzene rings is 2. The van der Waals surface area contributed by atoms with Crippen LogP contribution in [0.3, 0.4) is 0 Å². The molecule has 5 nitrogen and oxygen atoms in total. The molecule has 0 spiro atoms. The van der Waals surface area contributed by atoms with Gasteiger partial charge in [-0.2, -0.15) is 0 Å². The van der Waals surface area contributed by atoms with Gasteiger partial charge in [-0.15, -0.1) is 0 Å². The molecule has 0 aliphatic heterocycles. The van der Waals surface area contributed by atoms with Crippen LogP contribution in [0.15, 0.2) is 59.1 Å². The Bertz CT molecular complexity index is 866. The van der Waals surface area contributed by atoms with Gasteiger partial charge in [0, 0.05) is 18.3 Å². The van der Waals surface area contributed by atoms with E-state index in [1.807, 2.05) is 75.4 Å². The quantitative estimate of drug-likeness (QED) is 0.660. The lowest BCUT2D eigenvalue weighted by Gasteiger charge is -2.22. The van der Waals surface area contributed by atoms with Gasteiger partial charge in [-0.05, 0) is 57.2 Å². The molecule has 134 valence electrons. The SMILES string of the molecule is Cc1noc(C)c1[C@H](C)C(=O)N(C)c1ccc(Oc2ccccc2)cc1. The molecule has 0 aliphatic carbocycles. The van der Waals surface area contributed by atoms with Gasteiger partial charge in [0.25, 0.3) is 0 Å². The van der Waals surface area contributed by atoms with Gasteiger partial charge in [0.15, 0.2) is 0 Å². The highest BCUT2D eigenvalue weighted by molar-refractivity contribution is 5.97. The Balaban J connectivity index is 1.73. The minimum absolute atomic E-state index is 0.0175. The van der Waals surface area contributed by atoms with Crippen LogP contribution < -0.4 is 9.64 Å². The molecule has 1 atom stereocenters. The number of anilines is 1. The lowest BCUT2D eigenvalue weighted by Crippen LogP contribution is -2.30. The van der Waals surface area contributed by atoms with E-state index >= 15 is 0 Å². The van der Waals surface area contributed by atoms with Gasteiger partial charge < -0.3 is 14.2 Å². The zero-order valence-corrected chi connectivity index (χ0v) is 15.4. The number of nitrogens with zero attached hydrogens (tertiary/aromatic N) is 2. The standard InChI is InChI=1S/C21H22N2O3/c1-14(20-15(2)22-26-16(20)3)21(24)23(4)17-10-12-19(13-11-17)25-18-8-6-5-7-9-18/h5-14H,1-4H3/t14-/m0/s1. The zero-order valence-electron chi connectivity index (χ0n) is 15.4. The maximum Gasteiger partial charge on any atom is 0.234 e. The molecule has 0 saturated carbocycles. The molecule has 1 aromatic heterocycles. The van der Waals surface area contributed by atoms with Crippen LogP contribution in [0.4, 0.5) is 5.69 Å². The Kier molecular flexibility index (Phi) is 5.07. The Morgan fingerprint density at radius 2 is 1.65 bits per heavy atom. The largest absolute Gasteiger partial charge is 0.457 e. The van der Waals surface area contributed by atoms with Crippen molar-refractivity contribution in [3.63, 3.8) is 0 Å². The number of likely N-dealkylation sites (N-methyl/N-ethyl adjacent to an activating group) is 1. The van der Waals surface area contributed by atoms with Crippen molar-refractivity contribution in [2.45, 2.75) is 26.7 Å². The molecule has 26 heavy (non-hydrogen) atoms. The van der Waals surface area contributed by atoms with Gasteiger partial charge in [0.1, 0.15) is 17.3 Å². The molecule has 0 fully saturated rings. The Labute approximate surface area is 153 Å². The van der Waals surface area contributed by atoms with Gasteiger partial charge in [-0.3, -0.25) is 4.79 Å². The fourth-order valence-corrected chi connectivity index (χ4v) is 3.01. The van der Waals surface area contributed by atoms with Gasteiger partial charge in [-0.1, -0.05) is 23.4 Å². The molecule has 3 aromatic rings. The average Bonchev–Trinajstić information content (AvgIpc) is 3.00. The van der Waals surface area contributed by atoms with E-state index in [0.717, 1.165) is 28.4 Å². The summed E-state index contributed by atoms with van der Waals surface area (Å²) >= 11 is 0. The molecule has 0 aliphatic rings. The van der Waals surface area contributed by atoms with Crippen LogP contribution in [0, 0.1) is 13.8 Å². The summed E-state index contributed by atoms with van der Waals surface area (Å²) in [6.07, 6.45) is 0. The first-order chi connectivity index (χ1) is 12.5. The highest BCUT2D eigenvalue weighted by atomic mass is 16.5. The maximum absolute atomic E-state index is 12.8. The summed E-state index contributed by atoms with van der Waals surface area (Å²) in [6.45, 7) is 5.55. The molecule has 1 amide bonds. The first-order valence-electron chi connectivity index (χ1n) is 8.50. The van der Waals surface area contributed by atoms with Crippen molar-refractivity contribution in [3.8, 4) is 11.5 Å². The lowest BCUT2D eigenvalue weighted by molar-refractivity contribution is -0.119. The van der Waals surface area contributed by atoms with Crippen LogP contribution in [-0.2, 0) is 4.79 Å². The minimum atomic E-state index is -0.327. The molecule has 0 bridgehead atoms. The number of ether oxygens (including phenoxy) is 1. The second-order valence-electron chi connectivity index (χ2n) is 6.27. The van der Waals surface area contributed by atoms with Crippen molar-refractivity contribution in [1.29, 1.82) is 0 Å². The van der Waals surface area contributed by atoms with Crippen molar-refractivity contribution in [1.82, 2.24) is 5.16 Å². The smallest absolute Gasteiger partial charge is 0.234 e. The fourth-order valence-electron chi connectivity index (χ4n) is 3.01. The first-order valence-corrected chi connectivity index (χ1v) is 8.50. The van der Waals surface area contributed by atoms with Crippen molar-refractivity contribution in [2.75, 3.05) is 11.9 Å². The summed E-state index contributed by atoms with van der Waals surface area (Å²) < 4.78 is 11.0. The molecule has 1 heterocycles. The summed E-state index contributed by atoms with van der Waals surface area (Å²) in [5.74, 6) is 1.84. The van der Waals surface area contributed by atoms with Crippen molar-refractivity contribution in [3.05, 3.63) is 71.6 Å². The normalized spacial score (nSPS) is 11.8. The number of aromatic nitrogens is 1. The average molecular weight is 350 g/mol. The van der Waals surface area contributed by atoms with Gasteiger partial charge >= 0.3 is 0 Å². The number of hydrogen-bond acceptors (Lipinski definition) is 4. The molecule has 5 heteroatoms. The van der Waals surface area contributed by atoms with E-state index < -0.39 is 0 Å². The minimum Gasteiger partial charge on any atom is -0.457 e. The number of aryl methyl sites for hydroxylation is 2. The molecule has 2 aromatic carbocycles. The van der Waals surface area contributed by atoms with Gasteiger partial charge in [-0.25, -0.2) is 0 Å². The highest BCUT2D eigenvalue weighted by Crippen LogP contribution is 2.28. The Morgan fingerprint density at radius 1 is 1.04 bits per heavy atom. The summed E-state index contributed by atoms with van der Waals surface area (Å²) in [7, 11) is 1.77. The molecule has 3 rings (SSSR count). The Morgan fingerprint density at radius 3 is 2.23 bits per heavy atom. The second-order valence-corrected chi connectivity index (χ2v) is 6.27. The highest BCUT2D eigenvalue weighted by Gasteiger charge is 2.26. The molecule has 0 saturated heterocycles. The maximum atomic E-state index is 12.8. The van der Waals surface area contributed by atoms with E-state index in [0.29, 0.717) is 5.76 Å². The second kappa shape index (κ2) is 7.44. The monoisotopic (exact) mass is 350 g/mol. The summed E-state index contributed by atoms with van der Waals surface area (Å²) in [6, 6.07) is 17.0. The number of hydrogen-bond donors (Lipinski definition) is 0. The van der Waals surface area contributed by atoms with Crippen LogP contribution in [0.2, 0.25) is 0 Å². The van der Waals surface area contributed by atoms with Crippen LogP contribution in [0.1, 0.15) is 29.9 Å². The molecular formula is C21H22N2O3. The predicted octanol–water partition coefficient (Wildman–Crippen LogP) is 4.85.